The number of hydrogen-bond acceptors (Lipinski definition) is 3. The summed E-state index contributed by atoms with van der Waals surface area (Å²) >= 11 is 0. The maximum absolute atomic E-state index is 12.0. The highest BCUT2D eigenvalue weighted by Crippen LogP contribution is 2.16. The summed E-state index contributed by atoms with van der Waals surface area (Å²) in [6, 6.07) is 13.9. The van der Waals surface area contributed by atoms with Gasteiger partial charge in [-0.1, -0.05) is 12.1 Å². The molecular weight excluding hydrogens is 306 g/mol. The number of nitrogens with one attached hydrogen (secondary N) is 2. The first kappa shape index (κ1) is 17.3. The van der Waals surface area contributed by atoms with Gasteiger partial charge in [-0.05, 0) is 42.0 Å². The number of likely N-dealkylation sites (N-methyl/N-ethyl adjacent to an activating group) is 1. The van der Waals surface area contributed by atoms with Crippen molar-refractivity contribution in [2.45, 2.75) is 6.42 Å². The molecule has 24 heavy (non-hydrogen) atoms. The molecule has 0 unspecified atom stereocenters. The summed E-state index contributed by atoms with van der Waals surface area (Å²) in [6.07, 6.45) is 0.339. The number of urea groups is 1. The summed E-state index contributed by atoms with van der Waals surface area (Å²) in [5.41, 5.74) is 2.22. The molecule has 0 bridgehead atoms. The van der Waals surface area contributed by atoms with E-state index in [2.05, 4.69) is 10.6 Å². The van der Waals surface area contributed by atoms with Crippen LogP contribution in [0.2, 0.25) is 0 Å². The Morgan fingerprint density at radius 3 is 1.88 bits per heavy atom. The van der Waals surface area contributed by atoms with E-state index in [-0.39, 0.29) is 11.9 Å². The first-order chi connectivity index (χ1) is 11.5. The molecule has 126 valence electrons. The van der Waals surface area contributed by atoms with Crippen molar-refractivity contribution in [2.24, 2.45) is 0 Å². The van der Waals surface area contributed by atoms with Gasteiger partial charge in [-0.3, -0.25) is 4.79 Å². The van der Waals surface area contributed by atoms with Crippen molar-refractivity contribution in [3.8, 4) is 5.75 Å². The van der Waals surface area contributed by atoms with Crippen LogP contribution in [0.15, 0.2) is 48.5 Å². The summed E-state index contributed by atoms with van der Waals surface area (Å²) in [5.74, 6) is 0.761. The Morgan fingerprint density at radius 2 is 1.42 bits per heavy atom. The van der Waals surface area contributed by atoms with Crippen molar-refractivity contribution in [3.63, 3.8) is 0 Å². The zero-order valence-electron chi connectivity index (χ0n) is 14.0. The van der Waals surface area contributed by atoms with Crippen LogP contribution in [0, 0.1) is 0 Å². The van der Waals surface area contributed by atoms with E-state index in [0.717, 1.165) is 11.3 Å². The van der Waals surface area contributed by atoms with E-state index in [1.54, 1.807) is 62.5 Å². The average Bonchev–Trinajstić information content (AvgIpc) is 2.57. The van der Waals surface area contributed by atoms with E-state index in [4.69, 9.17) is 4.74 Å². The van der Waals surface area contributed by atoms with Crippen molar-refractivity contribution >= 4 is 23.3 Å². The number of methoxy groups -OCH3 is 1. The van der Waals surface area contributed by atoms with E-state index >= 15 is 0 Å². The van der Waals surface area contributed by atoms with Crippen molar-refractivity contribution in [2.75, 3.05) is 31.8 Å². The topological polar surface area (TPSA) is 70.7 Å². The lowest BCUT2D eigenvalue weighted by atomic mass is 10.1. The Bertz CT molecular complexity index is 694. The molecule has 2 N–H and O–H groups in total. The highest BCUT2D eigenvalue weighted by Gasteiger charge is 2.06. The molecule has 0 radical (unpaired) electrons. The molecule has 0 aliphatic heterocycles. The zero-order chi connectivity index (χ0) is 17.5. The van der Waals surface area contributed by atoms with Crippen LogP contribution in [0.1, 0.15) is 5.56 Å². The van der Waals surface area contributed by atoms with E-state index in [9.17, 15) is 9.59 Å². The minimum atomic E-state index is -0.336. The summed E-state index contributed by atoms with van der Waals surface area (Å²) in [4.78, 5) is 25.2. The highest BCUT2D eigenvalue weighted by atomic mass is 16.5. The highest BCUT2D eigenvalue weighted by molar-refractivity contribution is 5.99. The van der Waals surface area contributed by atoms with Crippen molar-refractivity contribution in [3.05, 3.63) is 54.1 Å². The number of carbonyl (C=O) groups excluding carboxylic acids is 2. The summed E-state index contributed by atoms with van der Waals surface area (Å²) in [6.45, 7) is 0. The maximum Gasteiger partial charge on any atom is 0.323 e. The fourth-order valence-electron chi connectivity index (χ4n) is 2.01. The molecule has 0 heterocycles. The van der Waals surface area contributed by atoms with E-state index in [1.165, 1.54) is 0 Å². The van der Waals surface area contributed by atoms with Crippen LogP contribution in [-0.4, -0.2) is 38.0 Å². The number of nitrogens with zero attached hydrogens (tertiary/aromatic N) is 1. The minimum Gasteiger partial charge on any atom is -0.497 e. The molecule has 3 amide bonds. The SMILES string of the molecule is COc1ccc(NC(=O)Nc2ccc(CC(=O)N(C)C)cc2)cc1. The predicted octanol–water partition coefficient (Wildman–Crippen LogP) is 2.97. The predicted molar refractivity (Wildman–Crippen MR) is 94.5 cm³/mol. The summed E-state index contributed by atoms with van der Waals surface area (Å²) < 4.78 is 5.07. The standard InChI is InChI=1S/C18H21N3O3/c1-21(2)17(22)12-13-4-6-14(7-5-13)19-18(23)20-15-8-10-16(24-3)11-9-15/h4-11H,12H2,1-3H3,(H2,19,20,23). The zero-order valence-corrected chi connectivity index (χ0v) is 14.0. The molecule has 2 aromatic carbocycles. The molecule has 0 saturated carbocycles. The van der Waals surface area contributed by atoms with Crippen LogP contribution in [0.4, 0.5) is 16.2 Å². The molecular formula is C18H21N3O3. The van der Waals surface area contributed by atoms with Crippen LogP contribution in [0.25, 0.3) is 0 Å². The summed E-state index contributed by atoms with van der Waals surface area (Å²) in [7, 11) is 5.04. The van der Waals surface area contributed by atoms with Gasteiger partial charge < -0.3 is 20.3 Å². The van der Waals surface area contributed by atoms with Crippen molar-refractivity contribution < 1.29 is 14.3 Å². The van der Waals surface area contributed by atoms with Crippen LogP contribution >= 0.6 is 0 Å². The Morgan fingerprint density at radius 1 is 0.917 bits per heavy atom. The van der Waals surface area contributed by atoms with Crippen LogP contribution < -0.4 is 15.4 Å². The Labute approximate surface area is 141 Å². The normalized spacial score (nSPS) is 9.96. The third-order valence-corrected chi connectivity index (χ3v) is 3.41. The van der Waals surface area contributed by atoms with E-state index < -0.39 is 0 Å². The fraction of sp³-hybridized carbons (Fsp3) is 0.222. The van der Waals surface area contributed by atoms with Crippen LogP contribution in [0.5, 0.6) is 5.75 Å². The van der Waals surface area contributed by atoms with Gasteiger partial charge >= 0.3 is 6.03 Å². The van der Waals surface area contributed by atoms with E-state index in [0.29, 0.717) is 17.8 Å². The van der Waals surface area contributed by atoms with Crippen LogP contribution in [0.3, 0.4) is 0 Å². The number of hydrogen-bond donors (Lipinski definition) is 2. The fourth-order valence-corrected chi connectivity index (χ4v) is 2.01. The van der Waals surface area contributed by atoms with Crippen molar-refractivity contribution in [1.82, 2.24) is 4.90 Å². The molecule has 0 spiro atoms. The number of ether oxygens (including phenoxy) is 1. The van der Waals surface area contributed by atoms with Gasteiger partial charge in [0.25, 0.3) is 0 Å². The van der Waals surface area contributed by atoms with Gasteiger partial charge in [-0.2, -0.15) is 0 Å². The maximum atomic E-state index is 12.0. The number of anilines is 2. The number of amides is 3. The van der Waals surface area contributed by atoms with Gasteiger partial charge in [0.15, 0.2) is 0 Å². The first-order valence-electron chi connectivity index (χ1n) is 7.49. The minimum absolute atomic E-state index is 0.0351. The molecule has 0 aromatic heterocycles. The van der Waals surface area contributed by atoms with Crippen molar-refractivity contribution in [1.29, 1.82) is 0 Å². The lowest BCUT2D eigenvalue weighted by Crippen LogP contribution is -2.23. The number of carbonyl (C=O) groups is 2. The molecule has 0 aliphatic rings. The third kappa shape index (κ3) is 5.01. The Balaban J connectivity index is 1.90. The van der Waals surface area contributed by atoms with Gasteiger partial charge in [0, 0.05) is 25.5 Å². The summed E-state index contributed by atoms with van der Waals surface area (Å²) in [5, 5.41) is 5.48. The Hall–Kier alpha value is -3.02. The molecule has 2 rings (SSSR count). The molecule has 0 atom stereocenters. The molecule has 0 fully saturated rings. The number of benzene rings is 2. The molecule has 0 saturated heterocycles. The molecule has 6 nitrogen and oxygen atoms in total. The van der Waals surface area contributed by atoms with E-state index in [1.807, 2.05) is 12.1 Å². The van der Waals surface area contributed by atoms with Gasteiger partial charge in [0.1, 0.15) is 5.75 Å². The van der Waals surface area contributed by atoms with Gasteiger partial charge in [-0.15, -0.1) is 0 Å². The molecule has 0 aliphatic carbocycles. The second-order valence-electron chi connectivity index (χ2n) is 5.47. The molecule has 6 heteroatoms. The monoisotopic (exact) mass is 327 g/mol. The largest absolute Gasteiger partial charge is 0.497 e. The van der Waals surface area contributed by atoms with Gasteiger partial charge in [-0.25, -0.2) is 4.79 Å². The smallest absolute Gasteiger partial charge is 0.323 e. The third-order valence-electron chi connectivity index (χ3n) is 3.41. The Kier molecular flexibility index (Phi) is 5.78. The van der Waals surface area contributed by atoms with Gasteiger partial charge in [0.2, 0.25) is 5.91 Å². The first-order valence-corrected chi connectivity index (χ1v) is 7.49. The molecule has 2 aromatic rings. The van der Waals surface area contributed by atoms with Crippen LogP contribution in [-0.2, 0) is 11.2 Å². The number of rotatable bonds is 5. The lowest BCUT2D eigenvalue weighted by molar-refractivity contribution is -0.127. The van der Waals surface area contributed by atoms with Gasteiger partial charge in [0.05, 0.1) is 13.5 Å². The quantitative estimate of drug-likeness (QED) is 0.887. The average molecular weight is 327 g/mol. The second-order valence-corrected chi connectivity index (χ2v) is 5.47. The lowest BCUT2D eigenvalue weighted by Gasteiger charge is -2.11. The second kappa shape index (κ2) is 8.01.